The highest BCUT2D eigenvalue weighted by Gasteiger charge is 2.09. The summed E-state index contributed by atoms with van der Waals surface area (Å²) in [4.78, 5) is 13.3. The molecule has 0 aliphatic heterocycles. The lowest BCUT2D eigenvalue weighted by Gasteiger charge is -2.20. The van der Waals surface area contributed by atoms with Gasteiger partial charge in [-0.1, -0.05) is 0 Å². The van der Waals surface area contributed by atoms with Crippen molar-refractivity contribution in [2.24, 2.45) is 5.73 Å². The summed E-state index contributed by atoms with van der Waals surface area (Å²) in [5.41, 5.74) is 5.76. The molecule has 16 heavy (non-hydrogen) atoms. The van der Waals surface area contributed by atoms with Crippen molar-refractivity contribution in [3.8, 4) is 0 Å². The van der Waals surface area contributed by atoms with Gasteiger partial charge in [-0.25, -0.2) is 0 Å². The average Bonchev–Trinajstić information content (AvgIpc) is 2.17. The quantitative estimate of drug-likeness (QED) is 0.482. The van der Waals surface area contributed by atoms with Crippen LogP contribution in [0.1, 0.15) is 0 Å². The van der Waals surface area contributed by atoms with Crippen LogP contribution in [-0.2, 0) is 14.3 Å². The van der Waals surface area contributed by atoms with E-state index in [1.807, 2.05) is 11.9 Å². The van der Waals surface area contributed by atoms with Crippen LogP contribution in [0.4, 0.5) is 0 Å². The molecule has 0 saturated heterocycles. The van der Waals surface area contributed by atoms with Crippen molar-refractivity contribution in [3.63, 3.8) is 0 Å². The van der Waals surface area contributed by atoms with Gasteiger partial charge in [-0.2, -0.15) is 0 Å². The Morgan fingerprint density at radius 2 is 2.12 bits per heavy atom. The molecule has 0 radical (unpaired) electrons. The van der Waals surface area contributed by atoms with Gasteiger partial charge in [-0.3, -0.25) is 9.69 Å². The van der Waals surface area contributed by atoms with Crippen LogP contribution in [0.25, 0.3) is 0 Å². The van der Waals surface area contributed by atoms with Crippen molar-refractivity contribution in [3.05, 3.63) is 0 Å². The van der Waals surface area contributed by atoms with Gasteiger partial charge in [0.2, 0.25) is 5.91 Å². The molecule has 1 unspecified atom stereocenters. The topological polar surface area (TPSA) is 76.8 Å². The molecule has 6 nitrogen and oxygen atoms in total. The van der Waals surface area contributed by atoms with Gasteiger partial charge < -0.3 is 20.5 Å². The predicted molar refractivity (Wildman–Crippen MR) is 62.2 cm³/mol. The van der Waals surface area contributed by atoms with Gasteiger partial charge in [0, 0.05) is 33.4 Å². The van der Waals surface area contributed by atoms with Gasteiger partial charge >= 0.3 is 0 Å². The van der Waals surface area contributed by atoms with E-state index in [0.717, 1.165) is 0 Å². The molecule has 0 aromatic heterocycles. The Morgan fingerprint density at radius 1 is 1.44 bits per heavy atom. The highest BCUT2D eigenvalue weighted by Crippen LogP contribution is 1.87. The first-order chi connectivity index (χ1) is 7.60. The van der Waals surface area contributed by atoms with Crippen molar-refractivity contribution >= 4 is 5.91 Å². The number of ether oxygens (including phenoxy) is 2. The van der Waals surface area contributed by atoms with Crippen molar-refractivity contribution in [2.75, 3.05) is 54.1 Å². The molecule has 0 rings (SSSR count). The largest absolute Gasteiger partial charge is 0.383 e. The molecule has 1 amide bonds. The average molecular weight is 233 g/mol. The molecular weight excluding hydrogens is 210 g/mol. The minimum absolute atomic E-state index is 0.0239. The number of nitrogens with zero attached hydrogens (tertiary/aromatic N) is 1. The fraction of sp³-hybridized carbons (Fsp3) is 0.900. The Morgan fingerprint density at radius 3 is 2.69 bits per heavy atom. The number of nitrogens with one attached hydrogen (secondary N) is 1. The van der Waals surface area contributed by atoms with Crippen LogP contribution in [-0.4, -0.2) is 71.0 Å². The molecular formula is C10H23N3O3. The van der Waals surface area contributed by atoms with Crippen LogP contribution in [0.5, 0.6) is 0 Å². The summed E-state index contributed by atoms with van der Waals surface area (Å²) in [7, 11) is 5.06. The normalized spacial score (nSPS) is 12.8. The Bertz CT molecular complexity index is 190. The number of carbonyl (C=O) groups is 1. The summed E-state index contributed by atoms with van der Waals surface area (Å²) in [5, 5.41) is 2.74. The van der Waals surface area contributed by atoms with Crippen molar-refractivity contribution in [1.82, 2.24) is 10.2 Å². The van der Waals surface area contributed by atoms with E-state index in [1.165, 1.54) is 0 Å². The van der Waals surface area contributed by atoms with E-state index in [-0.39, 0.29) is 11.9 Å². The lowest BCUT2D eigenvalue weighted by molar-refractivity contribution is -0.122. The molecule has 0 aliphatic carbocycles. The number of rotatable bonds is 9. The second-order valence-corrected chi connectivity index (χ2v) is 3.75. The van der Waals surface area contributed by atoms with E-state index < -0.39 is 0 Å². The van der Waals surface area contributed by atoms with E-state index in [0.29, 0.717) is 32.8 Å². The number of hydrogen-bond acceptors (Lipinski definition) is 5. The lowest BCUT2D eigenvalue weighted by atomic mass is 10.3. The molecule has 0 saturated carbocycles. The SMILES string of the molecule is COCCNC(=O)CN(C)CC(N)COC. The zero-order valence-corrected chi connectivity index (χ0v) is 10.4. The third-order valence-corrected chi connectivity index (χ3v) is 1.97. The molecule has 0 fully saturated rings. The van der Waals surface area contributed by atoms with Crippen molar-refractivity contribution < 1.29 is 14.3 Å². The fourth-order valence-corrected chi connectivity index (χ4v) is 1.33. The molecule has 96 valence electrons. The Hall–Kier alpha value is -0.690. The monoisotopic (exact) mass is 233 g/mol. The molecule has 0 aromatic rings. The minimum atomic E-state index is -0.0678. The molecule has 0 bridgehead atoms. The first kappa shape index (κ1) is 15.3. The second kappa shape index (κ2) is 9.53. The summed E-state index contributed by atoms with van der Waals surface area (Å²) >= 11 is 0. The number of hydrogen-bond donors (Lipinski definition) is 2. The molecule has 0 aliphatic rings. The van der Waals surface area contributed by atoms with Gasteiger partial charge in [0.25, 0.3) is 0 Å². The van der Waals surface area contributed by atoms with Gasteiger partial charge in [0.05, 0.1) is 19.8 Å². The number of likely N-dealkylation sites (N-methyl/N-ethyl adjacent to an activating group) is 1. The maximum Gasteiger partial charge on any atom is 0.234 e. The summed E-state index contributed by atoms with van der Waals surface area (Å²) in [5.74, 6) is -0.0239. The Kier molecular flexibility index (Phi) is 9.12. The highest BCUT2D eigenvalue weighted by molar-refractivity contribution is 5.77. The molecule has 0 spiro atoms. The summed E-state index contributed by atoms with van der Waals surface area (Å²) in [6.45, 7) is 2.52. The third kappa shape index (κ3) is 8.60. The summed E-state index contributed by atoms with van der Waals surface area (Å²) < 4.78 is 9.75. The first-order valence-electron chi connectivity index (χ1n) is 5.28. The van der Waals surface area contributed by atoms with Crippen LogP contribution < -0.4 is 11.1 Å². The second-order valence-electron chi connectivity index (χ2n) is 3.75. The third-order valence-electron chi connectivity index (χ3n) is 1.97. The molecule has 1 atom stereocenters. The van der Waals surface area contributed by atoms with E-state index in [1.54, 1.807) is 14.2 Å². The number of nitrogens with two attached hydrogens (primary N) is 1. The molecule has 3 N–H and O–H groups in total. The highest BCUT2D eigenvalue weighted by atomic mass is 16.5. The van der Waals surface area contributed by atoms with Gasteiger partial charge in [-0.05, 0) is 7.05 Å². The maximum atomic E-state index is 11.4. The smallest absolute Gasteiger partial charge is 0.234 e. The summed E-state index contributed by atoms with van der Waals surface area (Å²) in [6, 6.07) is -0.0678. The predicted octanol–water partition coefficient (Wildman–Crippen LogP) is -1.35. The zero-order valence-electron chi connectivity index (χ0n) is 10.4. The Balaban J connectivity index is 3.60. The zero-order chi connectivity index (χ0) is 12.4. The van der Waals surface area contributed by atoms with Crippen LogP contribution in [0.3, 0.4) is 0 Å². The van der Waals surface area contributed by atoms with E-state index >= 15 is 0 Å². The number of carbonyl (C=O) groups excluding carboxylic acids is 1. The summed E-state index contributed by atoms with van der Waals surface area (Å²) in [6.07, 6.45) is 0. The van der Waals surface area contributed by atoms with Crippen LogP contribution >= 0.6 is 0 Å². The van der Waals surface area contributed by atoms with E-state index in [9.17, 15) is 4.79 Å². The minimum Gasteiger partial charge on any atom is -0.383 e. The van der Waals surface area contributed by atoms with Crippen LogP contribution in [0.15, 0.2) is 0 Å². The standard InChI is InChI=1S/C10H23N3O3/c1-13(6-9(11)8-16-3)7-10(14)12-4-5-15-2/h9H,4-8,11H2,1-3H3,(H,12,14). The van der Waals surface area contributed by atoms with E-state index in [2.05, 4.69) is 5.32 Å². The lowest BCUT2D eigenvalue weighted by Crippen LogP contribution is -2.43. The molecule has 0 heterocycles. The fourth-order valence-electron chi connectivity index (χ4n) is 1.33. The van der Waals surface area contributed by atoms with Crippen molar-refractivity contribution in [1.29, 1.82) is 0 Å². The van der Waals surface area contributed by atoms with Crippen LogP contribution in [0.2, 0.25) is 0 Å². The van der Waals surface area contributed by atoms with Gasteiger partial charge in [0.15, 0.2) is 0 Å². The number of methoxy groups -OCH3 is 2. The van der Waals surface area contributed by atoms with Gasteiger partial charge in [-0.15, -0.1) is 0 Å². The molecule has 6 heteroatoms. The molecule has 0 aromatic carbocycles. The number of amides is 1. The van der Waals surface area contributed by atoms with E-state index in [4.69, 9.17) is 15.2 Å². The maximum absolute atomic E-state index is 11.4. The van der Waals surface area contributed by atoms with Crippen molar-refractivity contribution in [2.45, 2.75) is 6.04 Å². The van der Waals surface area contributed by atoms with Crippen LogP contribution in [0, 0.1) is 0 Å². The van der Waals surface area contributed by atoms with Gasteiger partial charge in [0.1, 0.15) is 0 Å². The first-order valence-corrected chi connectivity index (χ1v) is 5.28. The Labute approximate surface area is 97.1 Å².